The second-order valence-corrected chi connectivity index (χ2v) is 4.47. The van der Waals surface area contributed by atoms with Crippen LogP contribution in [-0.4, -0.2) is 9.78 Å². The van der Waals surface area contributed by atoms with Crippen LogP contribution in [0.1, 0.15) is 26.3 Å². The van der Waals surface area contributed by atoms with E-state index in [-0.39, 0.29) is 5.41 Å². The number of aromatic nitrogens is 2. The van der Waals surface area contributed by atoms with Crippen molar-refractivity contribution in [3.8, 4) is 0 Å². The van der Waals surface area contributed by atoms with E-state index in [1.165, 1.54) is 5.56 Å². The smallest absolute Gasteiger partial charge is 0.107 e. The van der Waals surface area contributed by atoms with Gasteiger partial charge in [0, 0.05) is 12.6 Å². The van der Waals surface area contributed by atoms with Crippen LogP contribution in [0.5, 0.6) is 0 Å². The first-order valence-electron chi connectivity index (χ1n) is 3.61. The third kappa shape index (κ3) is 1.64. The van der Waals surface area contributed by atoms with Crippen molar-refractivity contribution in [1.82, 2.24) is 9.78 Å². The molecule has 0 aliphatic rings. The third-order valence-corrected chi connectivity index (χ3v) is 2.61. The lowest BCUT2D eigenvalue weighted by atomic mass is 9.90. The van der Waals surface area contributed by atoms with E-state index in [0.29, 0.717) is 0 Å². The number of rotatable bonds is 0. The summed E-state index contributed by atoms with van der Waals surface area (Å²) in [7, 11) is 1.93. The maximum Gasteiger partial charge on any atom is 0.107 e. The molecule has 1 rings (SSSR count). The van der Waals surface area contributed by atoms with Crippen LogP contribution in [0.25, 0.3) is 0 Å². The van der Waals surface area contributed by atoms with Crippen LogP contribution in [-0.2, 0) is 12.5 Å². The Kier molecular flexibility index (Phi) is 2.10. The summed E-state index contributed by atoms with van der Waals surface area (Å²) in [5.74, 6) is 0. The van der Waals surface area contributed by atoms with Gasteiger partial charge in [-0.05, 0) is 21.3 Å². The molecule has 1 heterocycles. The minimum atomic E-state index is 0.174. The summed E-state index contributed by atoms with van der Waals surface area (Å²) in [6, 6.07) is 0. The molecule has 0 aromatic carbocycles. The van der Waals surface area contributed by atoms with E-state index in [2.05, 4.69) is 41.8 Å². The maximum absolute atomic E-state index is 4.15. The Labute approximate surface area is 75.7 Å². The van der Waals surface area contributed by atoms with Gasteiger partial charge in [-0.1, -0.05) is 20.8 Å². The number of halogens is 1. The predicted octanol–water partition coefficient (Wildman–Crippen LogP) is 2.48. The summed E-state index contributed by atoms with van der Waals surface area (Å²) in [5, 5.41) is 4.15. The molecule has 0 spiro atoms. The van der Waals surface area contributed by atoms with Crippen LogP contribution in [0.2, 0.25) is 0 Å². The summed E-state index contributed by atoms with van der Waals surface area (Å²) in [5.41, 5.74) is 1.42. The van der Waals surface area contributed by atoms with Gasteiger partial charge in [0.05, 0.1) is 6.20 Å². The highest BCUT2D eigenvalue weighted by molar-refractivity contribution is 9.10. The topological polar surface area (TPSA) is 17.8 Å². The summed E-state index contributed by atoms with van der Waals surface area (Å²) in [6.45, 7) is 6.53. The molecular weight excluding hydrogens is 204 g/mol. The normalized spacial score (nSPS) is 12.1. The lowest BCUT2D eigenvalue weighted by Gasteiger charge is -2.16. The molecule has 0 radical (unpaired) electrons. The second-order valence-electron chi connectivity index (χ2n) is 3.72. The van der Waals surface area contributed by atoms with Gasteiger partial charge >= 0.3 is 0 Å². The molecule has 3 heteroatoms. The van der Waals surface area contributed by atoms with Gasteiger partial charge in [0.2, 0.25) is 0 Å². The quantitative estimate of drug-likeness (QED) is 0.652. The van der Waals surface area contributed by atoms with Crippen LogP contribution in [0.3, 0.4) is 0 Å². The Morgan fingerprint density at radius 3 is 2.18 bits per heavy atom. The van der Waals surface area contributed by atoms with E-state index in [4.69, 9.17) is 0 Å². The van der Waals surface area contributed by atoms with Gasteiger partial charge < -0.3 is 0 Å². The zero-order chi connectivity index (χ0) is 8.65. The minimum Gasteiger partial charge on any atom is -0.261 e. The summed E-state index contributed by atoms with van der Waals surface area (Å²) >= 11 is 3.49. The van der Waals surface area contributed by atoms with Crippen molar-refractivity contribution in [2.24, 2.45) is 7.05 Å². The zero-order valence-electron chi connectivity index (χ0n) is 7.35. The molecule has 0 fully saturated rings. The Balaban J connectivity index is 3.15. The SMILES string of the molecule is Cn1ncc(C(C)(C)C)c1Br. The number of hydrogen-bond acceptors (Lipinski definition) is 1. The van der Waals surface area contributed by atoms with E-state index in [0.717, 1.165) is 4.60 Å². The monoisotopic (exact) mass is 216 g/mol. The summed E-state index contributed by atoms with van der Waals surface area (Å²) in [4.78, 5) is 0. The van der Waals surface area contributed by atoms with Crippen LogP contribution in [0.15, 0.2) is 10.8 Å². The van der Waals surface area contributed by atoms with E-state index in [9.17, 15) is 0 Å². The molecular formula is C8H13BrN2. The zero-order valence-corrected chi connectivity index (χ0v) is 8.94. The van der Waals surface area contributed by atoms with Crippen LogP contribution >= 0.6 is 15.9 Å². The maximum atomic E-state index is 4.15. The molecule has 0 atom stereocenters. The first-order chi connectivity index (χ1) is 4.93. The fourth-order valence-corrected chi connectivity index (χ4v) is 1.71. The standard InChI is InChI=1S/C8H13BrN2/c1-8(2,3)6-5-10-11(4)7(6)9/h5H,1-4H3. The second kappa shape index (κ2) is 2.63. The van der Waals surface area contributed by atoms with Crippen molar-refractivity contribution in [2.45, 2.75) is 26.2 Å². The van der Waals surface area contributed by atoms with Gasteiger partial charge in [-0.2, -0.15) is 5.10 Å². The predicted molar refractivity (Wildman–Crippen MR) is 49.6 cm³/mol. The fraction of sp³-hybridized carbons (Fsp3) is 0.625. The van der Waals surface area contributed by atoms with Gasteiger partial charge in [-0.15, -0.1) is 0 Å². The highest BCUT2D eigenvalue weighted by atomic mass is 79.9. The van der Waals surface area contributed by atoms with Crippen LogP contribution < -0.4 is 0 Å². The van der Waals surface area contributed by atoms with E-state index >= 15 is 0 Å². The molecule has 0 amide bonds. The van der Waals surface area contributed by atoms with Crippen molar-refractivity contribution < 1.29 is 0 Å². The van der Waals surface area contributed by atoms with Crippen molar-refractivity contribution >= 4 is 15.9 Å². The largest absolute Gasteiger partial charge is 0.261 e. The number of aryl methyl sites for hydroxylation is 1. The third-order valence-electron chi connectivity index (χ3n) is 1.67. The molecule has 0 aliphatic carbocycles. The molecule has 0 saturated carbocycles. The molecule has 62 valence electrons. The van der Waals surface area contributed by atoms with E-state index in [1.807, 2.05) is 17.9 Å². The van der Waals surface area contributed by atoms with Gasteiger partial charge in [0.25, 0.3) is 0 Å². The molecule has 0 bridgehead atoms. The molecule has 1 aromatic rings. The van der Waals surface area contributed by atoms with Crippen molar-refractivity contribution in [2.75, 3.05) is 0 Å². The molecule has 11 heavy (non-hydrogen) atoms. The summed E-state index contributed by atoms with van der Waals surface area (Å²) < 4.78 is 2.91. The Morgan fingerprint density at radius 1 is 1.45 bits per heavy atom. The van der Waals surface area contributed by atoms with Crippen molar-refractivity contribution in [1.29, 1.82) is 0 Å². The van der Waals surface area contributed by atoms with Crippen molar-refractivity contribution in [3.05, 3.63) is 16.4 Å². The van der Waals surface area contributed by atoms with Gasteiger partial charge in [0.1, 0.15) is 4.60 Å². The molecule has 0 unspecified atom stereocenters. The van der Waals surface area contributed by atoms with Crippen LogP contribution in [0, 0.1) is 0 Å². The molecule has 0 N–H and O–H groups in total. The highest BCUT2D eigenvalue weighted by Crippen LogP contribution is 2.28. The Morgan fingerprint density at radius 2 is 2.00 bits per heavy atom. The summed E-state index contributed by atoms with van der Waals surface area (Å²) in [6.07, 6.45) is 1.91. The average Bonchev–Trinajstić information content (AvgIpc) is 2.11. The first kappa shape index (κ1) is 8.78. The molecule has 2 nitrogen and oxygen atoms in total. The number of hydrogen-bond donors (Lipinski definition) is 0. The van der Waals surface area contributed by atoms with Gasteiger partial charge in [0.15, 0.2) is 0 Å². The highest BCUT2D eigenvalue weighted by Gasteiger charge is 2.19. The molecule has 0 saturated heterocycles. The first-order valence-corrected chi connectivity index (χ1v) is 4.40. The van der Waals surface area contributed by atoms with Crippen molar-refractivity contribution in [3.63, 3.8) is 0 Å². The minimum absolute atomic E-state index is 0.174. The fourth-order valence-electron chi connectivity index (χ4n) is 0.926. The lowest BCUT2D eigenvalue weighted by molar-refractivity contribution is 0.584. The van der Waals surface area contributed by atoms with Gasteiger partial charge in [-0.3, -0.25) is 4.68 Å². The molecule has 0 aliphatic heterocycles. The Bertz CT molecular complexity index is 258. The Hall–Kier alpha value is -0.310. The lowest BCUT2D eigenvalue weighted by Crippen LogP contribution is -2.10. The van der Waals surface area contributed by atoms with E-state index < -0.39 is 0 Å². The average molecular weight is 217 g/mol. The molecule has 1 aromatic heterocycles. The van der Waals surface area contributed by atoms with Crippen LogP contribution in [0.4, 0.5) is 0 Å². The van der Waals surface area contributed by atoms with E-state index in [1.54, 1.807) is 0 Å². The number of nitrogens with zero attached hydrogens (tertiary/aromatic N) is 2. The van der Waals surface area contributed by atoms with Gasteiger partial charge in [-0.25, -0.2) is 0 Å².